The molecule has 2 heterocycles. The first kappa shape index (κ1) is 9.17. The summed E-state index contributed by atoms with van der Waals surface area (Å²) in [5.74, 6) is 0.514. The highest BCUT2D eigenvalue weighted by Crippen LogP contribution is 2.30. The van der Waals surface area contributed by atoms with Crippen LogP contribution >= 0.6 is 11.5 Å². The maximum atomic E-state index is 9.66. The molecule has 0 unspecified atom stereocenters. The summed E-state index contributed by atoms with van der Waals surface area (Å²) in [6, 6.07) is 7.16. The highest BCUT2D eigenvalue weighted by Gasteiger charge is 2.09. The summed E-state index contributed by atoms with van der Waals surface area (Å²) in [5, 5.41) is 11.1. The van der Waals surface area contributed by atoms with E-state index in [9.17, 15) is 5.11 Å². The lowest BCUT2D eigenvalue weighted by Gasteiger charge is -1.91. The van der Waals surface area contributed by atoms with Gasteiger partial charge in [0.1, 0.15) is 5.75 Å². The molecule has 6 heteroatoms. The molecule has 4 N–H and O–H groups in total. The van der Waals surface area contributed by atoms with Crippen LogP contribution in [0.1, 0.15) is 0 Å². The number of nitrogens with zero attached hydrogens (tertiary/aromatic N) is 2. The smallest absolute Gasteiger partial charge is 0.232 e. The molecule has 80 valence electrons. The highest BCUT2D eigenvalue weighted by atomic mass is 32.1. The average molecular weight is 232 g/mol. The van der Waals surface area contributed by atoms with Gasteiger partial charge in [-0.1, -0.05) is 6.07 Å². The van der Waals surface area contributed by atoms with E-state index in [1.54, 1.807) is 12.1 Å². The number of fused-ring (bicyclic) bond motifs is 1. The molecule has 0 aliphatic carbocycles. The van der Waals surface area contributed by atoms with Gasteiger partial charge in [-0.05, 0) is 29.7 Å². The predicted octanol–water partition coefficient (Wildman–Crippen LogP) is 1.97. The van der Waals surface area contributed by atoms with Gasteiger partial charge in [-0.25, -0.2) is 0 Å². The van der Waals surface area contributed by atoms with Crippen molar-refractivity contribution in [1.29, 1.82) is 0 Å². The number of nitrogen functional groups attached to an aromatic ring is 1. The van der Waals surface area contributed by atoms with Crippen molar-refractivity contribution in [2.45, 2.75) is 0 Å². The van der Waals surface area contributed by atoms with E-state index >= 15 is 0 Å². The Balaban J connectivity index is 2.22. The van der Waals surface area contributed by atoms with Crippen LogP contribution in [0.15, 0.2) is 24.3 Å². The monoisotopic (exact) mass is 232 g/mol. The molecule has 0 saturated heterocycles. The van der Waals surface area contributed by atoms with Gasteiger partial charge in [-0.2, -0.15) is 9.36 Å². The summed E-state index contributed by atoms with van der Waals surface area (Å²) >= 11 is 1.22. The zero-order valence-corrected chi connectivity index (χ0v) is 8.95. The Morgan fingerprint density at radius 1 is 1.38 bits per heavy atom. The molecular weight excluding hydrogens is 224 g/mol. The van der Waals surface area contributed by atoms with E-state index in [2.05, 4.69) is 14.3 Å². The second-order valence-electron chi connectivity index (χ2n) is 3.38. The van der Waals surface area contributed by atoms with Crippen LogP contribution < -0.4 is 5.73 Å². The maximum Gasteiger partial charge on any atom is 0.232 e. The van der Waals surface area contributed by atoms with E-state index < -0.39 is 0 Å². The second-order valence-corrected chi connectivity index (χ2v) is 4.13. The summed E-state index contributed by atoms with van der Waals surface area (Å²) in [5.41, 5.74) is 7.14. The molecule has 0 atom stereocenters. The van der Waals surface area contributed by atoms with Crippen molar-refractivity contribution in [3.63, 3.8) is 0 Å². The first-order chi connectivity index (χ1) is 7.74. The third-order valence-electron chi connectivity index (χ3n) is 2.31. The summed E-state index contributed by atoms with van der Waals surface area (Å²) in [4.78, 5) is 7.24. The fourth-order valence-corrected chi connectivity index (χ4v) is 2.16. The molecule has 3 aromatic rings. The first-order valence-corrected chi connectivity index (χ1v) is 5.41. The SMILES string of the molecule is Nc1nsc(-c2cc3c(O)cccc3[nH]2)n1. The molecule has 0 bridgehead atoms. The normalized spacial score (nSPS) is 11.0. The summed E-state index contributed by atoms with van der Waals surface area (Å²) in [7, 11) is 0. The number of rotatable bonds is 1. The molecule has 2 aromatic heterocycles. The van der Waals surface area contributed by atoms with Crippen molar-refractivity contribution in [3.05, 3.63) is 24.3 Å². The van der Waals surface area contributed by atoms with Gasteiger partial charge < -0.3 is 15.8 Å². The van der Waals surface area contributed by atoms with Gasteiger partial charge in [0.15, 0.2) is 5.01 Å². The van der Waals surface area contributed by atoms with Crippen LogP contribution in [0.3, 0.4) is 0 Å². The lowest BCUT2D eigenvalue weighted by Crippen LogP contribution is -1.85. The molecule has 1 aromatic carbocycles. The van der Waals surface area contributed by atoms with E-state index in [1.807, 2.05) is 12.1 Å². The topological polar surface area (TPSA) is 87.8 Å². The number of nitrogens with two attached hydrogens (primary N) is 1. The highest BCUT2D eigenvalue weighted by molar-refractivity contribution is 7.09. The molecule has 0 saturated carbocycles. The molecule has 0 spiro atoms. The summed E-state index contributed by atoms with van der Waals surface area (Å²) < 4.78 is 3.91. The molecule has 0 fully saturated rings. The van der Waals surface area contributed by atoms with Crippen molar-refractivity contribution < 1.29 is 5.11 Å². The average Bonchev–Trinajstić information content (AvgIpc) is 2.84. The van der Waals surface area contributed by atoms with Crippen LogP contribution in [0.5, 0.6) is 5.75 Å². The second kappa shape index (κ2) is 3.21. The lowest BCUT2D eigenvalue weighted by molar-refractivity contribution is 0.482. The van der Waals surface area contributed by atoms with Crippen LogP contribution in [0.25, 0.3) is 21.6 Å². The van der Waals surface area contributed by atoms with Crippen LogP contribution in [-0.2, 0) is 0 Å². The van der Waals surface area contributed by atoms with Crippen molar-refractivity contribution >= 4 is 28.4 Å². The number of nitrogens with one attached hydrogen (secondary N) is 1. The Morgan fingerprint density at radius 2 is 2.25 bits per heavy atom. The molecule has 3 rings (SSSR count). The Bertz CT molecular complexity index is 658. The third-order valence-corrected chi connectivity index (χ3v) is 3.08. The number of phenolic OH excluding ortho intramolecular Hbond substituents is 1. The van der Waals surface area contributed by atoms with Crippen molar-refractivity contribution in [3.8, 4) is 16.5 Å². The lowest BCUT2D eigenvalue weighted by atomic mass is 10.2. The van der Waals surface area contributed by atoms with Crippen LogP contribution in [0.4, 0.5) is 5.95 Å². The molecule has 16 heavy (non-hydrogen) atoms. The summed E-state index contributed by atoms with van der Waals surface area (Å²) in [6.45, 7) is 0. The van der Waals surface area contributed by atoms with E-state index in [0.29, 0.717) is 5.01 Å². The van der Waals surface area contributed by atoms with Gasteiger partial charge in [0.2, 0.25) is 5.95 Å². The molecule has 0 amide bonds. The number of benzene rings is 1. The van der Waals surface area contributed by atoms with Crippen LogP contribution in [-0.4, -0.2) is 19.4 Å². The summed E-state index contributed by atoms with van der Waals surface area (Å²) in [6.07, 6.45) is 0. The standard InChI is InChI=1S/C10H8N4OS/c11-10-13-9(16-14-10)7-4-5-6(12-7)2-1-3-8(5)15/h1-4,12,15H,(H2,11,14). The fraction of sp³-hybridized carbons (Fsp3) is 0. The largest absolute Gasteiger partial charge is 0.507 e. The van der Waals surface area contributed by atoms with Crippen LogP contribution in [0.2, 0.25) is 0 Å². The number of phenols is 1. The maximum absolute atomic E-state index is 9.66. The van der Waals surface area contributed by atoms with Crippen molar-refractivity contribution in [2.24, 2.45) is 0 Å². The number of hydrogen-bond donors (Lipinski definition) is 3. The number of aromatic nitrogens is 3. The quantitative estimate of drug-likeness (QED) is 0.598. The molecule has 0 aliphatic heterocycles. The van der Waals surface area contributed by atoms with E-state index in [-0.39, 0.29) is 11.7 Å². The fourth-order valence-electron chi connectivity index (χ4n) is 1.60. The molecular formula is C10H8N4OS. The number of hydrogen-bond acceptors (Lipinski definition) is 5. The van der Waals surface area contributed by atoms with Gasteiger partial charge in [-0.3, -0.25) is 0 Å². The van der Waals surface area contributed by atoms with Gasteiger partial charge in [0, 0.05) is 10.9 Å². The third kappa shape index (κ3) is 1.31. The predicted molar refractivity (Wildman–Crippen MR) is 63.3 cm³/mol. The van der Waals surface area contributed by atoms with E-state index in [0.717, 1.165) is 16.6 Å². The molecule has 0 radical (unpaired) electrons. The number of aromatic hydroxyl groups is 1. The Labute approximate surface area is 94.7 Å². The van der Waals surface area contributed by atoms with Gasteiger partial charge in [-0.15, -0.1) is 0 Å². The van der Waals surface area contributed by atoms with E-state index in [1.165, 1.54) is 11.5 Å². The Kier molecular flexibility index (Phi) is 1.84. The minimum Gasteiger partial charge on any atom is -0.507 e. The molecule has 5 nitrogen and oxygen atoms in total. The minimum absolute atomic E-state index is 0.248. The van der Waals surface area contributed by atoms with Gasteiger partial charge in [0.25, 0.3) is 0 Å². The van der Waals surface area contributed by atoms with E-state index in [4.69, 9.17) is 5.73 Å². The molecule has 0 aliphatic rings. The first-order valence-electron chi connectivity index (χ1n) is 4.64. The number of anilines is 1. The Hall–Kier alpha value is -2.08. The Morgan fingerprint density at radius 3 is 2.94 bits per heavy atom. The zero-order valence-electron chi connectivity index (χ0n) is 8.14. The number of H-pyrrole nitrogens is 1. The van der Waals surface area contributed by atoms with Crippen molar-refractivity contribution in [1.82, 2.24) is 14.3 Å². The van der Waals surface area contributed by atoms with Gasteiger partial charge >= 0.3 is 0 Å². The van der Waals surface area contributed by atoms with Crippen LogP contribution in [0, 0.1) is 0 Å². The zero-order chi connectivity index (χ0) is 11.1. The minimum atomic E-state index is 0.248. The van der Waals surface area contributed by atoms with Crippen molar-refractivity contribution in [2.75, 3.05) is 5.73 Å². The number of aromatic amines is 1. The van der Waals surface area contributed by atoms with Gasteiger partial charge in [0.05, 0.1) is 5.69 Å².